The van der Waals surface area contributed by atoms with Gasteiger partial charge >= 0.3 is 126 Å². The van der Waals surface area contributed by atoms with Crippen LogP contribution in [0.25, 0.3) is 81.4 Å². The molecule has 0 bridgehead atoms. The van der Waals surface area contributed by atoms with Crippen LogP contribution in [0.5, 0.6) is 0 Å². The number of nitrogens with zero attached hydrogens (tertiary/aromatic N) is 3. The summed E-state index contributed by atoms with van der Waals surface area (Å²) in [7, 11) is 0. The number of fused-ring (bicyclic) bond motifs is 6. The van der Waals surface area contributed by atoms with Crippen LogP contribution in [-0.4, -0.2) is 27.8 Å². The fourth-order valence-electron chi connectivity index (χ4n) is 8.05. The molecule has 7 aromatic carbocycles. The second-order valence-electron chi connectivity index (χ2n) is 16.4. The molecular weight excluding hydrogens is 975 g/mol. The van der Waals surface area contributed by atoms with E-state index in [9.17, 15) is 0 Å². The number of pyridine rings is 1. The van der Waals surface area contributed by atoms with Crippen molar-refractivity contribution in [1.29, 1.82) is 0 Å². The molecule has 3 aromatic heterocycles. The maximum absolute atomic E-state index is 5.33. The van der Waals surface area contributed by atoms with Crippen molar-refractivity contribution in [3.05, 3.63) is 182 Å². The number of thiophene rings is 1. The Balaban J connectivity index is 0.000000197. The summed E-state index contributed by atoms with van der Waals surface area (Å²) in [4.78, 5) is 10.0. The van der Waals surface area contributed by atoms with Gasteiger partial charge in [0.2, 0.25) is 0 Å². The van der Waals surface area contributed by atoms with Gasteiger partial charge in [-0.25, -0.2) is 0 Å². The standard InChI is InChI=1S/C35H21N2S.C18H24GeN.Ir/c1-2-10-23(11-3-1)26-13-6-8-16-30(26)37-31-20-18-24-12-4-5-14-27(24)34(31)36-35(37)25-19-21-33-29(22-25)28-15-7-9-17-32(28)38-33;1-14(2)11-16-12-18(15-9-7-6-8-10-15)20-13-17(16)19(3,4)5;/h1-18,20-22H;6-9,12-14H,11H2,1-5H3;/q2*-1;. The minimum absolute atomic E-state index is 0. The number of aromatic nitrogens is 3. The molecule has 293 valence electrons. The van der Waals surface area contributed by atoms with E-state index in [2.05, 4.69) is 194 Å². The van der Waals surface area contributed by atoms with E-state index >= 15 is 0 Å². The number of benzene rings is 7. The van der Waals surface area contributed by atoms with E-state index in [4.69, 9.17) is 9.97 Å². The molecule has 3 heterocycles. The summed E-state index contributed by atoms with van der Waals surface area (Å²) in [6.07, 6.45) is 3.27. The van der Waals surface area contributed by atoms with Crippen molar-refractivity contribution >= 4 is 71.0 Å². The van der Waals surface area contributed by atoms with Gasteiger partial charge in [0.1, 0.15) is 0 Å². The summed E-state index contributed by atoms with van der Waals surface area (Å²) in [5, 5.41) is 4.87. The third-order valence-electron chi connectivity index (χ3n) is 10.7. The SMILES string of the molecule is CC(C)Cc1cc(-c2[c-]cccc2)nc[c]1[Ge]([CH3])([CH3])[CH3].[Ir].[c-]1cc2sc3ccccc3c2cc1-c1nc2c3ccccc3ccc2n1-c1ccccc1-c1ccccc1. The molecule has 0 aliphatic rings. The van der Waals surface area contributed by atoms with Gasteiger partial charge in [-0.3, -0.25) is 4.98 Å². The van der Waals surface area contributed by atoms with Crippen molar-refractivity contribution in [2.75, 3.05) is 0 Å². The predicted molar refractivity (Wildman–Crippen MR) is 251 cm³/mol. The van der Waals surface area contributed by atoms with Gasteiger partial charge < -0.3 is 4.57 Å². The van der Waals surface area contributed by atoms with Crippen molar-refractivity contribution in [2.45, 2.75) is 37.5 Å². The molecule has 0 fully saturated rings. The Labute approximate surface area is 367 Å². The van der Waals surface area contributed by atoms with E-state index in [0.29, 0.717) is 5.92 Å². The molecule has 10 rings (SSSR count). The van der Waals surface area contributed by atoms with Crippen LogP contribution in [-0.2, 0) is 26.5 Å². The smallest absolute Gasteiger partial charge is 0.0852 e. The molecule has 0 N–H and O–H groups in total. The van der Waals surface area contributed by atoms with Gasteiger partial charge in [0, 0.05) is 41.4 Å². The van der Waals surface area contributed by atoms with Gasteiger partial charge in [-0.2, -0.15) is 11.3 Å². The normalized spacial score (nSPS) is 11.6. The van der Waals surface area contributed by atoms with Crippen LogP contribution in [0.15, 0.2) is 164 Å². The third-order valence-corrected chi connectivity index (χ3v) is 16.2. The molecular formula is C53H45GeIrN3S-2. The Morgan fingerprint density at radius 1 is 0.678 bits per heavy atom. The van der Waals surface area contributed by atoms with Gasteiger partial charge in [-0.1, -0.05) is 102 Å². The number of para-hydroxylation sites is 1. The number of hydrogen-bond donors (Lipinski definition) is 0. The second kappa shape index (κ2) is 17.2. The van der Waals surface area contributed by atoms with Crippen molar-refractivity contribution in [1.82, 2.24) is 14.5 Å². The monoisotopic (exact) mass is 1020 g/mol. The largest absolute Gasteiger partial charge is 0.333 e. The maximum atomic E-state index is 5.33. The van der Waals surface area contributed by atoms with Crippen molar-refractivity contribution in [2.24, 2.45) is 5.92 Å². The Morgan fingerprint density at radius 2 is 1.41 bits per heavy atom. The first-order valence-corrected chi connectivity index (χ1v) is 28.2. The van der Waals surface area contributed by atoms with E-state index in [0.717, 1.165) is 51.2 Å². The van der Waals surface area contributed by atoms with Crippen molar-refractivity contribution < 1.29 is 20.1 Å². The summed E-state index contributed by atoms with van der Waals surface area (Å²) in [5.41, 5.74) is 10.2. The second-order valence-corrected chi connectivity index (χ2v) is 28.0. The van der Waals surface area contributed by atoms with E-state index < -0.39 is 13.3 Å². The van der Waals surface area contributed by atoms with Crippen LogP contribution in [0.3, 0.4) is 0 Å². The molecule has 59 heavy (non-hydrogen) atoms. The maximum Gasteiger partial charge on any atom is 0.0852 e. The first-order chi connectivity index (χ1) is 28.2. The number of imidazole rings is 1. The van der Waals surface area contributed by atoms with Gasteiger partial charge in [-0.05, 0) is 39.2 Å². The van der Waals surface area contributed by atoms with Crippen LogP contribution in [0.1, 0.15) is 19.4 Å². The Hall–Kier alpha value is -5.17. The quantitative estimate of drug-likeness (QED) is 0.118. The van der Waals surface area contributed by atoms with E-state index in [1.807, 2.05) is 29.5 Å². The summed E-state index contributed by atoms with van der Waals surface area (Å²) in [6.45, 7) is 4.57. The van der Waals surface area contributed by atoms with Gasteiger partial charge in [-0.15, -0.1) is 23.8 Å². The average Bonchev–Trinajstić information content (AvgIpc) is 3.83. The first-order valence-electron chi connectivity index (χ1n) is 20.1. The number of hydrogen-bond acceptors (Lipinski definition) is 3. The van der Waals surface area contributed by atoms with Crippen LogP contribution < -0.4 is 4.40 Å². The Morgan fingerprint density at radius 3 is 2.19 bits per heavy atom. The summed E-state index contributed by atoms with van der Waals surface area (Å²) in [5.74, 6) is 8.89. The molecule has 0 aliphatic heterocycles. The van der Waals surface area contributed by atoms with Crippen LogP contribution in [0, 0.1) is 18.1 Å². The van der Waals surface area contributed by atoms with E-state index in [-0.39, 0.29) is 20.1 Å². The molecule has 0 aliphatic carbocycles. The minimum atomic E-state index is -1.86. The van der Waals surface area contributed by atoms with Crippen LogP contribution in [0.2, 0.25) is 17.3 Å². The van der Waals surface area contributed by atoms with Gasteiger partial charge in [0.15, 0.2) is 0 Å². The molecule has 0 spiro atoms. The molecule has 0 saturated carbocycles. The zero-order chi connectivity index (χ0) is 39.8. The zero-order valence-electron chi connectivity index (χ0n) is 34.0. The van der Waals surface area contributed by atoms with E-state index in [1.54, 1.807) is 4.40 Å². The summed E-state index contributed by atoms with van der Waals surface area (Å²) >= 11 is -0.0437. The van der Waals surface area contributed by atoms with Crippen molar-refractivity contribution in [3.63, 3.8) is 0 Å². The molecule has 0 atom stereocenters. The third kappa shape index (κ3) is 8.22. The first kappa shape index (κ1) is 40.6. The van der Waals surface area contributed by atoms with Gasteiger partial charge in [0.25, 0.3) is 0 Å². The van der Waals surface area contributed by atoms with Crippen molar-refractivity contribution in [3.8, 4) is 39.5 Å². The fourth-order valence-corrected chi connectivity index (χ4v) is 12.4. The molecule has 0 saturated heterocycles. The topological polar surface area (TPSA) is 30.7 Å². The molecule has 10 aromatic rings. The summed E-state index contributed by atoms with van der Waals surface area (Å²) < 4.78 is 6.39. The molecule has 6 heteroatoms. The van der Waals surface area contributed by atoms with E-state index in [1.165, 1.54) is 42.2 Å². The molecule has 0 amide bonds. The zero-order valence-corrected chi connectivity index (χ0v) is 39.3. The average molecular weight is 1020 g/mol. The fraction of sp³-hybridized carbons (Fsp3) is 0.132. The Bertz CT molecular complexity index is 3050. The predicted octanol–water partition coefficient (Wildman–Crippen LogP) is 14.0. The number of rotatable bonds is 7. The molecule has 3 nitrogen and oxygen atoms in total. The van der Waals surface area contributed by atoms with Crippen LogP contribution >= 0.6 is 11.3 Å². The molecule has 1 radical (unpaired) electrons. The summed E-state index contributed by atoms with van der Waals surface area (Å²) in [6, 6.07) is 62.3. The van der Waals surface area contributed by atoms with Crippen LogP contribution in [0.4, 0.5) is 0 Å². The molecule has 0 unspecified atom stereocenters. The minimum Gasteiger partial charge on any atom is -0.333 e. The van der Waals surface area contributed by atoms with Gasteiger partial charge in [0.05, 0.1) is 16.9 Å². The Kier molecular flexibility index (Phi) is 11.8.